The van der Waals surface area contributed by atoms with Crippen LogP contribution in [0.1, 0.15) is 12.7 Å². The first kappa shape index (κ1) is 15.6. The van der Waals surface area contributed by atoms with Crippen molar-refractivity contribution in [2.75, 3.05) is 6.54 Å². The van der Waals surface area contributed by atoms with Crippen LogP contribution in [0.3, 0.4) is 0 Å². The Hall–Kier alpha value is -1.77. The van der Waals surface area contributed by atoms with Crippen LogP contribution in [-0.2, 0) is 15.6 Å². The van der Waals surface area contributed by atoms with Gasteiger partial charge in [0.25, 0.3) is 0 Å². The second kappa shape index (κ2) is 5.55. The maximum Gasteiger partial charge on any atom is 0.240 e. The lowest BCUT2D eigenvalue weighted by atomic mass is 10.1. The van der Waals surface area contributed by atoms with E-state index in [1.165, 1.54) is 19.3 Å². The van der Waals surface area contributed by atoms with Crippen molar-refractivity contribution in [3.63, 3.8) is 0 Å². The molecule has 1 aromatic carbocycles. The summed E-state index contributed by atoms with van der Waals surface area (Å²) in [6.45, 7) is 0.932. The van der Waals surface area contributed by atoms with E-state index in [4.69, 9.17) is 4.42 Å². The third-order valence-corrected chi connectivity index (χ3v) is 4.19. The van der Waals surface area contributed by atoms with Crippen molar-refractivity contribution < 1.29 is 26.7 Å². The molecule has 1 aromatic heterocycles. The van der Waals surface area contributed by atoms with Crippen LogP contribution in [0.4, 0.5) is 8.78 Å². The summed E-state index contributed by atoms with van der Waals surface area (Å²) in [6, 6.07) is 4.97. The molecule has 2 N–H and O–H groups in total. The minimum Gasteiger partial charge on any atom is -0.466 e. The highest BCUT2D eigenvalue weighted by Crippen LogP contribution is 2.21. The van der Waals surface area contributed by atoms with Crippen molar-refractivity contribution in [2.45, 2.75) is 17.4 Å². The van der Waals surface area contributed by atoms with Gasteiger partial charge >= 0.3 is 0 Å². The van der Waals surface area contributed by atoms with Crippen LogP contribution in [0.5, 0.6) is 0 Å². The van der Waals surface area contributed by atoms with Gasteiger partial charge in [-0.25, -0.2) is 21.9 Å². The molecular formula is C13H13F2NO4S. The SMILES string of the molecule is CC(O)(CNS(=O)(=O)c1cc(F)cc(F)c1)c1ccco1. The zero-order chi connectivity index (χ0) is 15.7. The standard InChI is InChI=1S/C13H13F2NO4S/c1-13(17,12-3-2-4-20-12)8-16-21(18,19)11-6-9(14)5-10(15)7-11/h2-7,16-17H,8H2,1H3. The third-order valence-electron chi connectivity index (χ3n) is 2.80. The molecular weight excluding hydrogens is 304 g/mol. The lowest BCUT2D eigenvalue weighted by molar-refractivity contribution is 0.0395. The molecule has 5 nitrogen and oxygen atoms in total. The minimum atomic E-state index is -4.16. The maximum absolute atomic E-state index is 13.1. The monoisotopic (exact) mass is 317 g/mol. The van der Waals surface area contributed by atoms with Gasteiger partial charge in [0.15, 0.2) is 0 Å². The lowest BCUT2D eigenvalue weighted by Gasteiger charge is -2.21. The molecule has 0 radical (unpaired) electrons. The molecule has 0 fully saturated rings. The number of hydrogen-bond acceptors (Lipinski definition) is 4. The van der Waals surface area contributed by atoms with Crippen LogP contribution in [0.15, 0.2) is 45.9 Å². The average Bonchev–Trinajstić information content (AvgIpc) is 2.90. The predicted molar refractivity (Wildman–Crippen MR) is 69.8 cm³/mol. The fraction of sp³-hybridized carbons (Fsp3) is 0.231. The fourth-order valence-electron chi connectivity index (χ4n) is 1.67. The zero-order valence-electron chi connectivity index (χ0n) is 11.0. The van der Waals surface area contributed by atoms with Crippen LogP contribution in [0.2, 0.25) is 0 Å². The molecule has 0 bridgehead atoms. The van der Waals surface area contributed by atoms with E-state index in [-0.39, 0.29) is 5.76 Å². The third kappa shape index (κ3) is 3.66. The molecule has 2 rings (SSSR count). The van der Waals surface area contributed by atoms with Gasteiger partial charge in [-0.2, -0.15) is 0 Å². The van der Waals surface area contributed by atoms with Gasteiger partial charge in [-0.3, -0.25) is 0 Å². The molecule has 8 heteroatoms. The van der Waals surface area contributed by atoms with E-state index in [0.717, 1.165) is 0 Å². The van der Waals surface area contributed by atoms with E-state index in [1.54, 1.807) is 6.07 Å². The number of benzene rings is 1. The van der Waals surface area contributed by atoms with Gasteiger partial charge in [-0.05, 0) is 31.2 Å². The highest BCUT2D eigenvalue weighted by Gasteiger charge is 2.29. The highest BCUT2D eigenvalue weighted by atomic mass is 32.2. The number of sulfonamides is 1. The Morgan fingerprint density at radius 1 is 1.29 bits per heavy atom. The largest absolute Gasteiger partial charge is 0.466 e. The highest BCUT2D eigenvalue weighted by molar-refractivity contribution is 7.89. The summed E-state index contributed by atoms with van der Waals surface area (Å²) in [6.07, 6.45) is 1.33. The summed E-state index contributed by atoms with van der Waals surface area (Å²) in [5.74, 6) is -1.85. The first-order chi connectivity index (χ1) is 9.71. The van der Waals surface area contributed by atoms with E-state index in [9.17, 15) is 22.3 Å². The normalized spacial score (nSPS) is 14.9. The summed E-state index contributed by atoms with van der Waals surface area (Å²) in [4.78, 5) is -0.560. The van der Waals surface area contributed by atoms with Gasteiger partial charge in [-0.1, -0.05) is 0 Å². The number of rotatable bonds is 5. The van der Waals surface area contributed by atoms with Gasteiger partial charge in [0, 0.05) is 12.6 Å². The van der Waals surface area contributed by atoms with Crippen LogP contribution in [0, 0.1) is 11.6 Å². The molecule has 1 unspecified atom stereocenters. The summed E-state index contributed by atoms with van der Waals surface area (Å²) >= 11 is 0. The molecule has 0 saturated carbocycles. The van der Waals surface area contributed by atoms with Crippen molar-refractivity contribution in [2.24, 2.45) is 0 Å². The van der Waals surface area contributed by atoms with Gasteiger partial charge in [-0.15, -0.1) is 0 Å². The Bertz CT molecular complexity index is 706. The van der Waals surface area contributed by atoms with Crippen molar-refractivity contribution >= 4 is 10.0 Å². The predicted octanol–water partition coefficient (Wildman–Crippen LogP) is 1.74. The first-order valence-corrected chi connectivity index (χ1v) is 7.41. The number of halogens is 2. The van der Waals surface area contributed by atoms with Gasteiger partial charge < -0.3 is 9.52 Å². The average molecular weight is 317 g/mol. The topological polar surface area (TPSA) is 79.5 Å². The number of aliphatic hydroxyl groups is 1. The van der Waals surface area contributed by atoms with Crippen LogP contribution >= 0.6 is 0 Å². The van der Waals surface area contributed by atoms with E-state index < -0.39 is 38.7 Å². The number of hydrogen-bond donors (Lipinski definition) is 2. The molecule has 0 saturated heterocycles. The number of nitrogens with one attached hydrogen (secondary N) is 1. The van der Waals surface area contributed by atoms with E-state index in [2.05, 4.69) is 4.72 Å². The Morgan fingerprint density at radius 3 is 2.43 bits per heavy atom. The second-order valence-electron chi connectivity index (χ2n) is 4.68. The smallest absolute Gasteiger partial charge is 0.240 e. The van der Waals surface area contributed by atoms with Gasteiger partial charge in [0.2, 0.25) is 10.0 Å². The van der Waals surface area contributed by atoms with Crippen LogP contribution in [-0.4, -0.2) is 20.1 Å². The number of furan rings is 1. The second-order valence-corrected chi connectivity index (χ2v) is 6.45. The zero-order valence-corrected chi connectivity index (χ0v) is 11.8. The Labute approximate surface area is 120 Å². The van der Waals surface area contributed by atoms with Crippen molar-refractivity contribution in [1.29, 1.82) is 0 Å². The summed E-state index contributed by atoms with van der Waals surface area (Å²) < 4.78 is 57.1. The van der Waals surface area contributed by atoms with Gasteiger partial charge in [0.1, 0.15) is 23.0 Å². The Balaban J connectivity index is 2.18. The Morgan fingerprint density at radius 2 is 1.90 bits per heavy atom. The molecule has 2 aromatic rings. The van der Waals surface area contributed by atoms with Gasteiger partial charge in [0.05, 0.1) is 11.2 Å². The molecule has 1 atom stereocenters. The summed E-state index contributed by atoms with van der Waals surface area (Å²) in [5.41, 5.74) is -1.59. The summed E-state index contributed by atoms with van der Waals surface area (Å²) in [7, 11) is -4.16. The van der Waals surface area contributed by atoms with E-state index in [1.807, 2.05) is 0 Å². The van der Waals surface area contributed by atoms with E-state index in [0.29, 0.717) is 18.2 Å². The molecule has 21 heavy (non-hydrogen) atoms. The molecule has 114 valence electrons. The molecule has 0 spiro atoms. The molecule has 1 heterocycles. The van der Waals surface area contributed by atoms with Crippen molar-refractivity contribution in [3.8, 4) is 0 Å². The lowest BCUT2D eigenvalue weighted by Crippen LogP contribution is -2.38. The van der Waals surface area contributed by atoms with Crippen molar-refractivity contribution in [3.05, 3.63) is 54.0 Å². The van der Waals surface area contributed by atoms with Crippen molar-refractivity contribution in [1.82, 2.24) is 4.72 Å². The van der Waals surface area contributed by atoms with Crippen LogP contribution in [0.25, 0.3) is 0 Å². The summed E-state index contributed by atoms with van der Waals surface area (Å²) in [5, 5.41) is 10.1. The van der Waals surface area contributed by atoms with Crippen LogP contribution < -0.4 is 4.72 Å². The maximum atomic E-state index is 13.1. The van der Waals surface area contributed by atoms with E-state index >= 15 is 0 Å². The first-order valence-electron chi connectivity index (χ1n) is 5.93. The molecule has 0 amide bonds. The fourth-order valence-corrected chi connectivity index (χ4v) is 2.85. The molecule has 0 aliphatic carbocycles. The molecule has 0 aliphatic heterocycles. The Kier molecular flexibility index (Phi) is 4.13. The minimum absolute atomic E-state index is 0.163. The molecule has 0 aliphatic rings. The quantitative estimate of drug-likeness (QED) is 0.880.